The van der Waals surface area contributed by atoms with E-state index in [1.807, 2.05) is 44.2 Å². The number of Topliss-reactive ketones (excluding diaryl/α,β-unsaturated/α-hetero) is 1. The van der Waals surface area contributed by atoms with Crippen LogP contribution < -0.4 is 4.74 Å². The van der Waals surface area contributed by atoms with Crippen LogP contribution in [-0.2, 0) is 11.2 Å². The summed E-state index contributed by atoms with van der Waals surface area (Å²) in [5.74, 6) is 0.135. The predicted octanol–water partition coefficient (Wildman–Crippen LogP) is 3.92. The fraction of sp³-hybridized carbons (Fsp3) is 0.294. The number of ketones is 1. The van der Waals surface area contributed by atoms with Crippen LogP contribution in [0.2, 0.25) is 0 Å². The first-order chi connectivity index (χ1) is 11.6. The molecule has 1 aliphatic rings. The minimum absolute atomic E-state index is 0.0716. The fourth-order valence-corrected chi connectivity index (χ4v) is 4.27. The number of thioether (sulfide) groups is 1. The highest BCUT2D eigenvalue weighted by Crippen LogP contribution is 2.41. The van der Waals surface area contributed by atoms with Gasteiger partial charge in [-0.3, -0.25) is 10.2 Å². The summed E-state index contributed by atoms with van der Waals surface area (Å²) in [6, 6.07) is 7.56. The third kappa shape index (κ3) is 3.42. The van der Waals surface area contributed by atoms with Gasteiger partial charge in [-0.2, -0.15) is 0 Å². The smallest absolute Gasteiger partial charge is 0.186 e. The van der Waals surface area contributed by atoms with Crippen molar-refractivity contribution in [3.05, 3.63) is 44.7 Å². The minimum Gasteiger partial charge on any atom is -0.494 e. The number of carbonyl (C=O) groups excluding carboxylic acids is 1. The number of nitrogens with one attached hydrogen (secondary N) is 1. The average molecular weight is 359 g/mol. The van der Waals surface area contributed by atoms with E-state index in [2.05, 4.69) is 10.2 Å². The van der Waals surface area contributed by atoms with Crippen molar-refractivity contribution in [1.82, 2.24) is 10.2 Å². The number of nitrogens with zero attached hydrogens (tertiary/aromatic N) is 2. The molecule has 1 N–H and O–H groups in total. The van der Waals surface area contributed by atoms with Crippen molar-refractivity contribution in [2.45, 2.75) is 26.2 Å². The molecule has 3 rings (SSSR count). The molecular formula is C17H17N3O2S2. The van der Waals surface area contributed by atoms with Crippen LogP contribution in [-0.4, -0.2) is 27.6 Å². The lowest BCUT2D eigenvalue weighted by Gasteiger charge is -2.03. The summed E-state index contributed by atoms with van der Waals surface area (Å²) < 4.78 is 5.42. The highest BCUT2D eigenvalue weighted by Gasteiger charge is 2.39. The minimum atomic E-state index is -0.596. The topological polar surface area (TPSA) is 75.9 Å². The molecule has 2 aromatic rings. The Morgan fingerprint density at radius 1 is 1.25 bits per heavy atom. The van der Waals surface area contributed by atoms with Gasteiger partial charge in [0.25, 0.3) is 0 Å². The van der Waals surface area contributed by atoms with Gasteiger partial charge in [0.1, 0.15) is 21.7 Å². The number of allylic oxidation sites excluding steroid dienone is 1. The number of aryl methyl sites for hydroxylation is 1. The van der Waals surface area contributed by atoms with Gasteiger partial charge < -0.3 is 4.74 Å². The third-order valence-corrected chi connectivity index (χ3v) is 5.63. The van der Waals surface area contributed by atoms with Crippen LogP contribution >= 0.6 is 23.1 Å². The molecule has 1 saturated heterocycles. The van der Waals surface area contributed by atoms with E-state index in [1.54, 1.807) is 0 Å². The Morgan fingerprint density at radius 3 is 2.62 bits per heavy atom. The lowest BCUT2D eigenvalue weighted by atomic mass is 10.1. The molecule has 0 amide bonds. The second kappa shape index (κ2) is 7.27. The van der Waals surface area contributed by atoms with Gasteiger partial charge in [-0.15, -0.1) is 21.5 Å². The number of hydrogen-bond acceptors (Lipinski definition) is 7. The highest BCUT2D eigenvalue weighted by molar-refractivity contribution is 8.19. The molecule has 0 bridgehead atoms. The zero-order chi connectivity index (χ0) is 17.1. The molecular weight excluding hydrogens is 342 g/mol. The largest absolute Gasteiger partial charge is 0.494 e. The van der Waals surface area contributed by atoms with Crippen LogP contribution in [0.1, 0.15) is 35.3 Å². The first kappa shape index (κ1) is 16.9. The maximum absolute atomic E-state index is 12.7. The molecule has 7 heteroatoms. The number of carbonyl (C=O) groups is 1. The fourth-order valence-electron chi connectivity index (χ4n) is 2.32. The summed E-state index contributed by atoms with van der Waals surface area (Å²) in [7, 11) is 0. The predicted molar refractivity (Wildman–Crippen MR) is 97.9 cm³/mol. The second-order valence-electron chi connectivity index (χ2n) is 5.16. The number of aromatic nitrogens is 2. The lowest BCUT2D eigenvalue weighted by molar-refractivity contribution is -0.114. The van der Waals surface area contributed by atoms with Crippen molar-refractivity contribution in [3.63, 3.8) is 0 Å². The molecule has 24 heavy (non-hydrogen) atoms. The maximum atomic E-state index is 12.7. The molecule has 1 unspecified atom stereocenters. The summed E-state index contributed by atoms with van der Waals surface area (Å²) in [5.41, 5.74) is 0.911. The Bertz CT molecular complexity index is 796. The van der Waals surface area contributed by atoms with Gasteiger partial charge in [-0.1, -0.05) is 30.8 Å². The van der Waals surface area contributed by atoms with E-state index in [9.17, 15) is 4.79 Å². The number of benzene rings is 1. The molecule has 1 aliphatic heterocycles. The molecule has 5 nitrogen and oxygen atoms in total. The van der Waals surface area contributed by atoms with Gasteiger partial charge >= 0.3 is 0 Å². The van der Waals surface area contributed by atoms with Gasteiger partial charge in [0.05, 0.1) is 16.6 Å². The van der Waals surface area contributed by atoms with Crippen molar-refractivity contribution in [2.24, 2.45) is 0 Å². The molecule has 0 aliphatic carbocycles. The van der Waals surface area contributed by atoms with Gasteiger partial charge in [-0.25, -0.2) is 0 Å². The molecule has 1 aromatic heterocycles. The summed E-state index contributed by atoms with van der Waals surface area (Å²) >= 11 is 2.62. The van der Waals surface area contributed by atoms with Gasteiger partial charge in [0.15, 0.2) is 5.78 Å². The monoisotopic (exact) mass is 359 g/mol. The maximum Gasteiger partial charge on any atom is 0.186 e. The first-order valence-electron chi connectivity index (χ1n) is 7.69. The average Bonchev–Trinajstić information content (AvgIpc) is 3.14. The van der Waals surface area contributed by atoms with E-state index in [0.29, 0.717) is 21.6 Å². The number of hydrogen-bond donors (Lipinski definition) is 1. The van der Waals surface area contributed by atoms with Crippen molar-refractivity contribution >= 4 is 40.0 Å². The van der Waals surface area contributed by atoms with E-state index in [-0.39, 0.29) is 5.78 Å². The number of rotatable bonds is 5. The molecule has 0 spiro atoms. The zero-order valence-corrected chi connectivity index (χ0v) is 15.0. The molecule has 2 heterocycles. The Balaban J connectivity index is 1.82. The third-order valence-electron chi connectivity index (χ3n) is 3.51. The van der Waals surface area contributed by atoms with Crippen molar-refractivity contribution in [3.8, 4) is 5.75 Å². The van der Waals surface area contributed by atoms with Crippen LogP contribution in [0.4, 0.5) is 0 Å². The van der Waals surface area contributed by atoms with Gasteiger partial charge in [0.2, 0.25) is 0 Å². The quantitative estimate of drug-likeness (QED) is 0.819. The standard InChI is InChI=1S/C17H17N3O2S2/c1-3-13-19-20-17(24-13)14-15(21)12(23-16(14)18)9-10-5-7-11(8-6-10)22-4-2/h5-9,14,18H,3-4H2,1-2H3. The molecule has 1 atom stereocenters. The molecule has 1 fully saturated rings. The Kier molecular flexibility index (Phi) is 5.11. The highest BCUT2D eigenvalue weighted by atomic mass is 32.2. The van der Waals surface area contributed by atoms with Crippen LogP contribution in [0.15, 0.2) is 29.2 Å². The van der Waals surface area contributed by atoms with E-state index in [1.165, 1.54) is 23.1 Å². The summed E-state index contributed by atoms with van der Waals surface area (Å²) in [5, 5.41) is 18.1. The van der Waals surface area contributed by atoms with E-state index >= 15 is 0 Å². The molecule has 0 saturated carbocycles. The van der Waals surface area contributed by atoms with E-state index in [4.69, 9.17) is 10.1 Å². The van der Waals surface area contributed by atoms with Crippen LogP contribution in [0.5, 0.6) is 5.75 Å². The molecule has 1 aromatic carbocycles. The van der Waals surface area contributed by atoms with E-state index in [0.717, 1.165) is 22.7 Å². The van der Waals surface area contributed by atoms with Crippen LogP contribution in [0.25, 0.3) is 6.08 Å². The molecule has 0 radical (unpaired) electrons. The summed E-state index contributed by atoms with van der Waals surface area (Å²) in [6.45, 7) is 4.56. The van der Waals surface area contributed by atoms with Gasteiger partial charge in [0, 0.05) is 0 Å². The van der Waals surface area contributed by atoms with Crippen LogP contribution in [0.3, 0.4) is 0 Å². The normalized spacial score (nSPS) is 19.2. The SMILES string of the molecule is CCOc1ccc(C=C2SC(=N)C(c3nnc(CC)s3)C2=O)cc1. The Morgan fingerprint density at radius 2 is 2.00 bits per heavy atom. The second-order valence-corrected chi connectivity index (χ2v) is 7.34. The zero-order valence-electron chi connectivity index (χ0n) is 13.4. The van der Waals surface area contributed by atoms with E-state index < -0.39 is 5.92 Å². The summed E-state index contributed by atoms with van der Waals surface area (Å²) in [6.07, 6.45) is 2.60. The number of ether oxygens (including phenoxy) is 1. The van der Waals surface area contributed by atoms with Crippen molar-refractivity contribution in [1.29, 1.82) is 5.41 Å². The Labute approximate surface area is 148 Å². The van der Waals surface area contributed by atoms with Crippen molar-refractivity contribution < 1.29 is 9.53 Å². The molecule has 124 valence electrons. The lowest BCUT2D eigenvalue weighted by Crippen LogP contribution is -2.11. The first-order valence-corrected chi connectivity index (χ1v) is 9.33. The summed E-state index contributed by atoms with van der Waals surface area (Å²) in [4.78, 5) is 13.2. The van der Waals surface area contributed by atoms with Crippen molar-refractivity contribution in [2.75, 3.05) is 6.61 Å². The van der Waals surface area contributed by atoms with Crippen LogP contribution in [0, 0.1) is 5.41 Å². The Hall–Kier alpha value is -1.99. The van der Waals surface area contributed by atoms with Gasteiger partial charge in [-0.05, 0) is 37.1 Å².